The molecule has 0 aliphatic heterocycles. The summed E-state index contributed by atoms with van der Waals surface area (Å²) in [5.74, 6) is -0.317. The van der Waals surface area contributed by atoms with Gasteiger partial charge in [0.25, 0.3) is 10.0 Å². The third kappa shape index (κ3) is 5.55. The van der Waals surface area contributed by atoms with Gasteiger partial charge in [0.05, 0.1) is 19.8 Å². The first-order valence-corrected chi connectivity index (χ1v) is 11.0. The van der Waals surface area contributed by atoms with E-state index in [0.29, 0.717) is 11.4 Å². The predicted molar refractivity (Wildman–Crippen MR) is 118 cm³/mol. The Morgan fingerprint density at radius 3 is 1.97 bits per heavy atom. The maximum absolute atomic E-state index is 12.8. The second-order valence-electron chi connectivity index (χ2n) is 6.82. The van der Waals surface area contributed by atoms with Gasteiger partial charge in [-0.15, -0.1) is 0 Å². The zero-order chi connectivity index (χ0) is 22.4. The molecular weight excluding hydrogens is 418 g/mol. The Morgan fingerprint density at radius 2 is 1.45 bits per heavy atom. The SMILES string of the molecule is COc1ccc(OC)c(S(=O)(=O)Nc2ccc(CCc3ccc(C(=O)O)cc3)cc2)c1. The molecule has 2 N–H and O–H groups in total. The Morgan fingerprint density at radius 1 is 0.871 bits per heavy atom. The van der Waals surface area contributed by atoms with Gasteiger partial charge in [0.2, 0.25) is 0 Å². The Bertz CT molecular complexity index is 1160. The standard InChI is InChI=1S/C23H23NO6S/c1-29-20-13-14-21(30-2)22(15-20)31(27,28)24-19-11-7-17(8-12-19)4-3-16-5-9-18(10-6-16)23(25)26/h5-15,24H,3-4H2,1-2H3,(H,25,26). The largest absolute Gasteiger partial charge is 0.497 e. The molecule has 0 unspecified atom stereocenters. The molecule has 3 aromatic rings. The van der Waals surface area contributed by atoms with Gasteiger partial charge in [-0.05, 0) is 60.4 Å². The summed E-state index contributed by atoms with van der Waals surface area (Å²) in [4.78, 5) is 10.9. The van der Waals surface area contributed by atoms with Crippen LogP contribution in [0.25, 0.3) is 0 Å². The maximum atomic E-state index is 12.8. The second kappa shape index (κ2) is 9.53. The smallest absolute Gasteiger partial charge is 0.335 e. The van der Waals surface area contributed by atoms with Gasteiger partial charge < -0.3 is 14.6 Å². The van der Waals surface area contributed by atoms with E-state index >= 15 is 0 Å². The Kier molecular flexibility index (Phi) is 6.81. The molecule has 7 nitrogen and oxygen atoms in total. The number of aryl methyl sites for hydroxylation is 2. The molecular formula is C23H23NO6S. The highest BCUT2D eigenvalue weighted by molar-refractivity contribution is 7.92. The average Bonchev–Trinajstić information content (AvgIpc) is 2.78. The number of anilines is 1. The average molecular weight is 442 g/mol. The predicted octanol–water partition coefficient (Wildman–Crippen LogP) is 3.99. The molecule has 3 aromatic carbocycles. The number of nitrogens with one attached hydrogen (secondary N) is 1. The van der Waals surface area contributed by atoms with Crippen molar-refractivity contribution in [1.82, 2.24) is 0 Å². The molecule has 8 heteroatoms. The number of carboxylic acids is 1. The van der Waals surface area contributed by atoms with Crippen molar-refractivity contribution >= 4 is 21.7 Å². The van der Waals surface area contributed by atoms with Gasteiger partial charge in [0.1, 0.15) is 16.4 Å². The first-order valence-electron chi connectivity index (χ1n) is 9.48. The van der Waals surface area contributed by atoms with Crippen LogP contribution in [0.4, 0.5) is 5.69 Å². The molecule has 0 fully saturated rings. The van der Waals surface area contributed by atoms with E-state index in [1.165, 1.54) is 20.3 Å². The quantitative estimate of drug-likeness (QED) is 0.521. The molecule has 31 heavy (non-hydrogen) atoms. The van der Waals surface area contributed by atoms with Crippen molar-refractivity contribution in [3.8, 4) is 11.5 Å². The number of carboxylic acid groups (broad SMARTS) is 1. The van der Waals surface area contributed by atoms with Gasteiger partial charge in [-0.3, -0.25) is 4.72 Å². The van der Waals surface area contributed by atoms with Gasteiger partial charge in [0.15, 0.2) is 0 Å². The number of carbonyl (C=O) groups is 1. The van der Waals surface area contributed by atoms with Crippen molar-refractivity contribution < 1.29 is 27.8 Å². The van der Waals surface area contributed by atoms with E-state index < -0.39 is 16.0 Å². The zero-order valence-electron chi connectivity index (χ0n) is 17.2. The van der Waals surface area contributed by atoms with E-state index in [-0.39, 0.29) is 16.2 Å². The van der Waals surface area contributed by atoms with Gasteiger partial charge in [0, 0.05) is 11.8 Å². The highest BCUT2D eigenvalue weighted by atomic mass is 32.2. The number of sulfonamides is 1. The number of aromatic carboxylic acids is 1. The molecule has 3 rings (SSSR count). The molecule has 0 saturated carbocycles. The van der Waals surface area contributed by atoms with Crippen LogP contribution in [-0.2, 0) is 22.9 Å². The summed E-state index contributed by atoms with van der Waals surface area (Å²) in [6.07, 6.45) is 1.48. The van der Waals surface area contributed by atoms with Crippen LogP contribution in [0.2, 0.25) is 0 Å². The summed E-state index contributed by atoms with van der Waals surface area (Å²) in [6.45, 7) is 0. The Labute approximate surface area is 181 Å². The molecule has 0 amide bonds. The van der Waals surface area contributed by atoms with E-state index in [0.717, 1.165) is 24.0 Å². The second-order valence-corrected chi connectivity index (χ2v) is 8.47. The van der Waals surface area contributed by atoms with Crippen LogP contribution < -0.4 is 14.2 Å². The summed E-state index contributed by atoms with van der Waals surface area (Å²) in [7, 11) is -1.00. The van der Waals surface area contributed by atoms with Crippen LogP contribution in [0.5, 0.6) is 11.5 Å². The third-order valence-electron chi connectivity index (χ3n) is 4.77. The van der Waals surface area contributed by atoms with Crippen LogP contribution in [0.3, 0.4) is 0 Å². The van der Waals surface area contributed by atoms with E-state index in [1.807, 2.05) is 12.1 Å². The van der Waals surface area contributed by atoms with E-state index in [1.54, 1.807) is 48.5 Å². The topological polar surface area (TPSA) is 102 Å². The summed E-state index contributed by atoms with van der Waals surface area (Å²) < 4.78 is 38.5. The fraction of sp³-hybridized carbons (Fsp3) is 0.174. The number of hydrogen-bond donors (Lipinski definition) is 2. The van der Waals surface area contributed by atoms with E-state index in [2.05, 4.69) is 4.72 Å². The number of ether oxygens (including phenoxy) is 2. The lowest BCUT2D eigenvalue weighted by molar-refractivity contribution is 0.0697. The van der Waals surface area contributed by atoms with Crippen LogP contribution in [0.1, 0.15) is 21.5 Å². The van der Waals surface area contributed by atoms with Crippen molar-refractivity contribution in [3.63, 3.8) is 0 Å². The van der Waals surface area contributed by atoms with Crippen LogP contribution in [0.15, 0.2) is 71.6 Å². The summed E-state index contributed by atoms with van der Waals surface area (Å²) >= 11 is 0. The lowest BCUT2D eigenvalue weighted by atomic mass is 10.0. The van der Waals surface area contributed by atoms with Crippen molar-refractivity contribution in [1.29, 1.82) is 0 Å². The molecule has 0 atom stereocenters. The fourth-order valence-corrected chi connectivity index (χ4v) is 4.29. The third-order valence-corrected chi connectivity index (χ3v) is 6.17. The molecule has 0 aromatic heterocycles. The van der Waals surface area contributed by atoms with Crippen LogP contribution >= 0.6 is 0 Å². The molecule has 0 aliphatic carbocycles. The molecule has 0 heterocycles. The van der Waals surface area contributed by atoms with Crippen molar-refractivity contribution in [2.45, 2.75) is 17.7 Å². The first kappa shape index (κ1) is 22.2. The van der Waals surface area contributed by atoms with Gasteiger partial charge >= 0.3 is 5.97 Å². The van der Waals surface area contributed by atoms with Crippen LogP contribution in [0, 0.1) is 0 Å². The van der Waals surface area contributed by atoms with E-state index in [9.17, 15) is 13.2 Å². The van der Waals surface area contributed by atoms with Crippen molar-refractivity contribution in [2.24, 2.45) is 0 Å². The molecule has 162 valence electrons. The van der Waals surface area contributed by atoms with Gasteiger partial charge in [-0.25, -0.2) is 13.2 Å². The van der Waals surface area contributed by atoms with Gasteiger partial charge in [-0.2, -0.15) is 0 Å². The molecule has 0 radical (unpaired) electrons. The minimum atomic E-state index is -3.87. The maximum Gasteiger partial charge on any atom is 0.335 e. The minimum absolute atomic E-state index is 0.0109. The molecule has 0 aliphatic rings. The fourth-order valence-electron chi connectivity index (χ4n) is 3.05. The molecule has 0 spiro atoms. The number of methoxy groups -OCH3 is 2. The van der Waals surface area contributed by atoms with Crippen molar-refractivity contribution in [3.05, 3.63) is 83.4 Å². The summed E-state index contributed by atoms with van der Waals surface area (Å²) in [5.41, 5.74) is 2.75. The Balaban J connectivity index is 1.68. The van der Waals surface area contributed by atoms with Crippen LogP contribution in [-0.4, -0.2) is 33.7 Å². The first-order chi connectivity index (χ1) is 14.8. The molecule has 0 saturated heterocycles. The minimum Gasteiger partial charge on any atom is -0.497 e. The summed E-state index contributed by atoms with van der Waals surface area (Å²) in [6, 6.07) is 18.5. The van der Waals surface area contributed by atoms with Crippen molar-refractivity contribution in [2.75, 3.05) is 18.9 Å². The molecule has 0 bridgehead atoms. The summed E-state index contributed by atoms with van der Waals surface area (Å²) in [5, 5.41) is 8.96. The number of benzene rings is 3. The zero-order valence-corrected chi connectivity index (χ0v) is 18.0. The normalized spacial score (nSPS) is 11.0. The van der Waals surface area contributed by atoms with Gasteiger partial charge in [-0.1, -0.05) is 24.3 Å². The Hall–Kier alpha value is -3.52. The lowest BCUT2D eigenvalue weighted by Crippen LogP contribution is -2.14. The lowest BCUT2D eigenvalue weighted by Gasteiger charge is -2.13. The monoisotopic (exact) mass is 441 g/mol. The number of rotatable bonds is 9. The highest BCUT2D eigenvalue weighted by Gasteiger charge is 2.20. The number of hydrogen-bond acceptors (Lipinski definition) is 5. The van der Waals surface area contributed by atoms with E-state index in [4.69, 9.17) is 14.6 Å². The highest BCUT2D eigenvalue weighted by Crippen LogP contribution is 2.29.